The Kier molecular flexibility index (Phi) is 7.03. The lowest BCUT2D eigenvalue weighted by Crippen LogP contribution is -2.46. The summed E-state index contributed by atoms with van der Waals surface area (Å²) in [5, 5.41) is 19.9. The van der Waals surface area contributed by atoms with Gasteiger partial charge < -0.3 is 10.2 Å². The Hall–Kier alpha value is -0.500. The first kappa shape index (κ1) is 26.1. The number of hydrogen-bond donors (Lipinski definition) is 2. The molecule has 8 unspecified atom stereocenters. The molecule has 0 aromatic heterocycles. The standard InChI is InChI=1S/C24H38F6O2/c1-20(18-6-4-5-15(12-18)13-21(2,31)23(25,26)27)10-9-17-11-16(7-8-19(17)20)14-22(3,32)24(28,29)30/h15-19,31-32H,4-14H2,1-3H3. The third-order valence-electron chi connectivity index (χ3n) is 9.30. The minimum absolute atomic E-state index is 0.00899. The second kappa shape index (κ2) is 8.62. The van der Waals surface area contributed by atoms with Crippen LogP contribution in [0, 0.1) is 35.0 Å². The van der Waals surface area contributed by atoms with Gasteiger partial charge in [-0.05, 0) is 100 Å². The molecule has 8 atom stereocenters. The highest BCUT2D eigenvalue weighted by Crippen LogP contribution is 2.61. The summed E-state index contributed by atoms with van der Waals surface area (Å²) in [7, 11) is 0. The van der Waals surface area contributed by atoms with Crippen molar-refractivity contribution >= 4 is 0 Å². The summed E-state index contributed by atoms with van der Waals surface area (Å²) in [5.74, 6) is 0.661. The van der Waals surface area contributed by atoms with Crippen LogP contribution in [0.2, 0.25) is 0 Å². The molecule has 2 nitrogen and oxygen atoms in total. The van der Waals surface area contributed by atoms with Gasteiger partial charge in [-0.2, -0.15) is 26.3 Å². The molecular formula is C24H38F6O2. The van der Waals surface area contributed by atoms with Crippen LogP contribution in [-0.2, 0) is 0 Å². The molecule has 0 heterocycles. The fraction of sp³-hybridized carbons (Fsp3) is 1.00. The molecule has 0 aromatic rings. The number of halogens is 6. The van der Waals surface area contributed by atoms with E-state index < -0.39 is 23.6 Å². The van der Waals surface area contributed by atoms with Crippen molar-refractivity contribution in [3.8, 4) is 0 Å². The number of rotatable bonds is 5. The predicted molar refractivity (Wildman–Crippen MR) is 110 cm³/mol. The van der Waals surface area contributed by atoms with Gasteiger partial charge in [0.15, 0.2) is 11.2 Å². The molecule has 188 valence electrons. The van der Waals surface area contributed by atoms with Gasteiger partial charge in [-0.1, -0.05) is 26.2 Å². The Labute approximate surface area is 187 Å². The Bertz CT molecular complexity index is 656. The molecule has 3 aliphatic carbocycles. The molecule has 3 aliphatic rings. The average Bonchev–Trinajstić information content (AvgIpc) is 2.97. The Morgan fingerprint density at radius 2 is 1.28 bits per heavy atom. The molecule has 32 heavy (non-hydrogen) atoms. The summed E-state index contributed by atoms with van der Waals surface area (Å²) in [5.41, 5.74) is -5.35. The molecule has 0 spiro atoms. The lowest BCUT2D eigenvalue weighted by molar-refractivity contribution is -0.260. The monoisotopic (exact) mass is 472 g/mol. The fourth-order valence-corrected chi connectivity index (χ4v) is 7.35. The van der Waals surface area contributed by atoms with Gasteiger partial charge in [0, 0.05) is 0 Å². The molecule has 0 bridgehead atoms. The van der Waals surface area contributed by atoms with E-state index in [4.69, 9.17) is 0 Å². The van der Waals surface area contributed by atoms with Crippen molar-refractivity contribution in [2.75, 3.05) is 0 Å². The van der Waals surface area contributed by atoms with Crippen LogP contribution in [0.5, 0.6) is 0 Å². The van der Waals surface area contributed by atoms with Crippen LogP contribution in [0.3, 0.4) is 0 Å². The quantitative estimate of drug-likeness (QED) is 0.422. The molecule has 3 saturated carbocycles. The first-order chi connectivity index (χ1) is 14.5. The van der Waals surface area contributed by atoms with Crippen molar-refractivity contribution in [3.63, 3.8) is 0 Å². The molecular weight excluding hydrogens is 434 g/mol. The highest BCUT2D eigenvalue weighted by atomic mass is 19.4. The van der Waals surface area contributed by atoms with E-state index in [1.807, 2.05) is 0 Å². The molecule has 3 rings (SSSR count). The lowest BCUT2D eigenvalue weighted by atomic mass is 9.58. The maximum absolute atomic E-state index is 13.2. The van der Waals surface area contributed by atoms with E-state index in [2.05, 4.69) is 6.92 Å². The van der Waals surface area contributed by atoms with Gasteiger partial charge in [0.2, 0.25) is 0 Å². The van der Waals surface area contributed by atoms with Crippen LogP contribution in [-0.4, -0.2) is 33.8 Å². The first-order valence-corrected chi connectivity index (χ1v) is 12.0. The van der Waals surface area contributed by atoms with Gasteiger partial charge in [0.05, 0.1) is 0 Å². The smallest absolute Gasteiger partial charge is 0.381 e. The van der Waals surface area contributed by atoms with Crippen LogP contribution >= 0.6 is 0 Å². The number of hydrogen-bond acceptors (Lipinski definition) is 2. The van der Waals surface area contributed by atoms with Crippen molar-refractivity contribution in [3.05, 3.63) is 0 Å². The van der Waals surface area contributed by atoms with Gasteiger partial charge in [0.25, 0.3) is 0 Å². The minimum atomic E-state index is -4.64. The molecule has 0 aromatic carbocycles. The van der Waals surface area contributed by atoms with Crippen LogP contribution in [0.4, 0.5) is 26.3 Å². The van der Waals surface area contributed by atoms with Crippen LogP contribution in [0.15, 0.2) is 0 Å². The summed E-state index contributed by atoms with van der Waals surface area (Å²) in [6.07, 6.45) is -2.57. The maximum atomic E-state index is 13.2. The Morgan fingerprint density at radius 3 is 1.81 bits per heavy atom. The summed E-state index contributed by atoms with van der Waals surface area (Å²) in [4.78, 5) is 0. The third-order valence-corrected chi connectivity index (χ3v) is 9.30. The van der Waals surface area contributed by atoms with Gasteiger partial charge in [-0.3, -0.25) is 0 Å². The van der Waals surface area contributed by atoms with Crippen molar-refractivity contribution in [1.29, 1.82) is 0 Å². The third kappa shape index (κ3) is 5.11. The van der Waals surface area contributed by atoms with Crippen molar-refractivity contribution in [2.24, 2.45) is 35.0 Å². The summed E-state index contributed by atoms with van der Waals surface area (Å²) < 4.78 is 78.9. The summed E-state index contributed by atoms with van der Waals surface area (Å²) >= 11 is 0. The van der Waals surface area contributed by atoms with Gasteiger partial charge in [0.1, 0.15) is 0 Å². The van der Waals surface area contributed by atoms with Crippen molar-refractivity contribution < 1.29 is 36.6 Å². The first-order valence-electron chi connectivity index (χ1n) is 12.0. The second-order valence-corrected chi connectivity index (χ2v) is 11.8. The SMILES string of the molecule is CC1(C2CCCC(CC(C)(O)C(F)(F)F)C2)CCC2CC(CC(C)(O)C(F)(F)F)CCC21. The van der Waals surface area contributed by atoms with Crippen molar-refractivity contribution in [2.45, 2.75) is 115 Å². The molecule has 0 aliphatic heterocycles. The lowest BCUT2D eigenvalue weighted by Gasteiger charge is -2.48. The van der Waals surface area contributed by atoms with E-state index in [1.165, 1.54) is 0 Å². The van der Waals surface area contributed by atoms with E-state index in [0.29, 0.717) is 37.5 Å². The zero-order chi connectivity index (χ0) is 24.2. The van der Waals surface area contributed by atoms with E-state index in [0.717, 1.165) is 46.0 Å². The van der Waals surface area contributed by atoms with Crippen LogP contribution in [0.25, 0.3) is 0 Å². The van der Waals surface area contributed by atoms with Gasteiger partial charge >= 0.3 is 12.4 Å². The van der Waals surface area contributed by atoms with Gasteiger partial charge in [-0.15, -0.1) is 0 Å². The largest absolute Gasteiger partial charge is 0.416 e. The van der Waals surface area contributed by atoms with Crippen molar-refractivity contribution in [1.82, 2.24) is 0 Å². The molecule has 0 saturated heterocycles. The highest BCUT2D eigenvalue weighted by Gasteiger charge is 2.56. The zero-order valence-corrected chi connectivity index (χ0v) is 19.3. The molecule has 0 radical (unpaired) electrons. The molecule has 8 heteroatoms. The minimum Gasteiger partial charge on any atom is -0.381 e. The van der Waals surface area contributed by atoms with Gasteiger partial charge in [-0.25, -0.2) is 0 Å². The van der Waals surface area contributed by atoms with E-state index >= 15 is 0 Å². The maximum Gasteiger partial charge on any atom is 0.416 e. The van der Waals surface area contributed by atoms with E-state index in [9.17, 15) is 36.6 Å². The van der Waals surface area contributed by atoms with Crippen LogP contribution in [0.1, 0.15) is 91.4 Å². The summed E-state index contributed by atoms with van der Waals surface area (Å²) in [6, 6.07) is 0. The van der Waals surface area contributed by atoms with E-state index in [-0.39, 0.29) is 36.0 Å². The number of aliphatic hydroxyl groups is 2. The average molecular weight is 473 g/mol. The Morgan fingerprint density at radius 1 is 0.750 bits per heavy atom. The molecule has 3 fully saturated rings. The predicted octanol–water partition coefficient (Wildman–Crippen LogP) is 7.03. The van der Waals surface area contributed by atoms with E-state index in [1.54, 1.807) is 0 Å². The second-order valence-electron chi connectivity index (χ2n) is 11.8. The Balaban J connectivity index is 1.63. The fourth-order valence-electron chi connectivity index (χ4n) is 7.35. The highest BCUT2D eigenvalue weighted by molar-refractivity contribution is 5.02. The number of fused-ring (bicyclic) bond motifs is 1. The van der Waals surface area contributed by atoms with Crippen LogP contribution < -0.4 is 0 Å². The molecule has 0 amide bonds. The molecule has 2 N–H and O–H groups in total. The number of alkyl halides is 6. The normalized spacial score (nSPS) is 40.4. The topological polar surface area (TPSA) is 40.5 Å². The summed E-state index contributed by atoms with van der Waals surface area (Å²) in [6.45, 7) is 3.95. The zero-order valence-electron chi connectivity index (χ0n) is 19.3.